The van der Waals surface area contributed by atoms with Gasteiger partial charge in [-0.25, -0.2) is 9.97 Å². The van der Waals surface area contributed by atoms with E-state index in [1.807, 2.05) is 44.2 Å². The van der Waals surface area contributed by atoms with Crippen molar-refractivity contribution in [3.05, 3.63) is 65.0 Å². The molecule has 0 bridgehead atoms. The van der Waals surface area contributed by atoms with Crippen LogP contribution in [0.25, 0.3) is 0 Å². The molecular formula is C30H35F3N6O2. The van der Waals surface area contributed by atoms with Crippen LogP contribution in [0.4, 0.5) is 36.2 Å². The molecule has 3 heterocycles. The molecule has 0 aliphatic carbocycles. The second-order valence-corrected chi connectivity index (χ2v) is 11.3. The number of anilines is 4. The molecule has 218 valence electrons. The number of hydrogen-bond donors (Lipinski definition) is 2. The predicted molar refractivity (Wildman–Crippen MR) is 153 cm³/mol. The molecule has 0 unspecified atom stereocenters. The fourth-order valence-electron chi connectivity index (χ4n) is 5.58. The van der Waals surface area contributed by atoms with Crippen LogP contribution in [-0.2, 0) is 29.2 Å². The molecule has 1 fully saturated rings. The van der Waals surface area contributed by atoms with Crippen molar-refractivity contribution in [2.75, 3.05) is 49.3 Å². The van der Waals surface area contributed by atoms with E-state index >= 15 is 0 Å². The summed E-state index contributed by atoms with van der Waals surface area (Å²) >= 11 is 0. The highest BCUT2D eigenvalue weighted by Gasteiger charge is 2.40. The van der Waals surface area contributed by atoms with E-state index in [2.05, 4.69) is 44.4 Å². The third kappa shape index (κ3) is 5.68. The Morgan fingerprint density at radius 2 is 1.95 bits per heavy atom. The second-order valence-electron chi connectivity index (χ2n) is 11.3. The van der Waals surface area contributed by atoms with Gasteiger partial charge in [0.15, 0.2) is 0 Å². The van der Waals surface area contributed by atoms with Gasteiger partial charge in [0.05, 0.1) is 29.5 Å². The van der Waals surface area contributed by atoms with Crippen molar-refractivity contribution in [2.24, 2.45) is 0 Å². The molecule has 5 rings (SSSR count). The average molecular weight is 569 g/mol. The summed E-state index contributed by atoms with van der Waals surface area (Å²) in [6.45, 7) is 8.52. The molecule has 0 saturated carbocycles. The van der Waals surface area contributed by atoms with Gasteiger partial charge in [-0.15, -0.1) is 0 Å². The summed E-state index contributed by atoms with van der Waals surface area (Å²) in [5, 5.41) is 5.92. The molecule has 0 radical (unpaired) electrons. The molecule has 1 atom stereocenters. The molecule has 1 amide bonds. The lowest BCUT2D eigenvalue weighted by atomic mass is 9.82. The molecule has 3 aromatic rings. The minimum atomic E-state index is -4.61. The molecule has 1 saturated heterocycles. The van der Waals surface area contributed by atoms with Crippen LogP contribution in [0, 0.1) is 0 Å². The normalized spacial score (nSPS) is 18.7. The van der Waals surface area contributed by atoms with Crippen molar-refractivity contribution in [1.29, 1.82) is 0 Å². The van der Waals surface area contributed by atoms with E-state index in [1.54, 1.807) is 13.2 Å². The molecule has 8 nitrogen and oxygen atoms in total. The van der Waals surface area contributed by atoms with Crippen LogP contribution in [0.2, 0.25) is 0 Å². The molecule has 2 aliphatic heterocycles. The fraction of sp³-hybridized carbons (Fsp3) is 0.433. The Kier molecular flexibility index (Phi) is 7.58. The van der Waals surface area contributed by atoms with Crippen LogP contribution in [0.1, 0.15) is 43.2 Å². The van der Waals surface area contributed by atoms with Gasteiger partial charge in [0.2, 0.25) is 11.9 Å². The quantitative estimate of drug-likeness (QED) is 0.395. The number of fused-ring (bicyclic) bond motifs is 1. The Hall–Kier alpha value is -3.86. The molecule has 0 spiro atoms. The van der Waals surface area contributed by atoms with Crippen molar-refractivity contribution < 1.29 is 22.7 Å². The Morgan fingerprint density at radius 3 is 2.66 bits per heavy atom. The lowest BCUT2D eigenvalue weighted by molar-refractivity contribution is -0.138. The van der Waals surface area contributed by atoms with E-state index in [-0.39, 0.29) is 30.4 Å². The topological polar surface area (TPSA) is 82.6 Å². The van der Waals surface area contributed by atoms with Crippen molar-refractivity contribution in [3.63, 3.8) is 0 Å². The smallest absolute Gasteiger partial charge is 0.419 e. The number of nitrogens with one attached hydrogen (secondary N) is 2. The number of nitrogens with zero attached hydrogens (tertiary/aromatic N) is 4. The molecular weight excluding hydrogens is 533 g/mol. The van der Waals surface area contributed by atoms with E-state index in [0.717, 1.165) is 42.6 Å². The van der Waals surface area contributed by atoms with Gasteiger partial charge in [-0.2, -0.15) is 13.2 Å². The maximum Gasteiger partial charge on any atom is 0.419 e. The van der Waals surface area contributed by atoms with E-state index in [0.29, 0.717) is 23.2 Å². The zero-order valence-electron chi connectivity index (χ0n) is 23.9. The Morgan fingerprint density at radius 1 is 1.17 bits per heavy atom. The van der Waals surface area contributed by atoms with E-state index in [4.69, 9.17) is 4.74 Å². The second kappa shape index (κ2) is 10.8. The van der Waals surface area contributed by atoms with Gasteiger partial charge in [-0.1, -0.05) is 12.1 Å². The SMILES string of the molecule is COc1cc(N2CCN(C)[C@H](C)C2)ccc1Nc1ncc(C(F)(F)F)c(CCc2cccc3c2C(C)(C)C(=O)N3)n1. The van der Waals surface area contributed by atoms with Crippen LogP contribution in [0.3, 0.4) is 0 Å². The first kappa shape index (κ1) is 28.7. The number of hydrogen-bond acceptors (Lipinski definition) is 7. The number of methoxy groups -OCH3 is 1. The largest absolute Gasteiger partial charge is 0.494 e. The van der Waals surface area contributed by atoms with Crippen molar-refractivity contribution in [2.45, 2.75) is 51.2 Å². The third-order valence-electron chi connectivity index (χ3n) is 8.15. The first-order valence-electron chi connectivity index (χ1n) is 13.7. The van der Waals surface area contributed by atoms with E-state index in [9.17, 15) is 18.0 Å². The van der Waals surface area contributed by atoms with Gasteiger partial charge in [0.1, 0.15) is 5.75 Å². The summed E-state index contributed by atoms with van der Waals surface area (Å²) in [6.07, 6.45) is -3.49. The minimum absolute atomic E-state index is 0.0183. The van der Waals surface area contributed by atoms with Crippen LogP contribution in [0.15, 0.2) is 42.6 Å². The standard InChI is InChI=1S/C30H35F3N6O2/c1-18-17-39(14-13-38(18)4)20-10-12-23(25(15-20)41-5)37-28-34-16-21(30(31,32)33)22(36-28)11-9-19-7-6-8-24-26(19)29(2,3)27(40)35-24/h6-8,10,12,15-16,18H,9,11,13-14,17H2,1-5H3,(H,35,40)(H,34,36,37)/t18-/m1/s1. The van der Waals surface area contributed by atoms with Gasteiger partial charge in [0.25, 0.3) is 0 Å². The van der Waals surface area contributed by atoms with Gasteiger partial charge >= 0.3 is 6.18 Å². The van der Waals surface area contributed by atoms with Gasteiger partial charge in [0, 0.05) is 49.3 Å². The number of carbonyl (C=O) groups excluding carboxylic acids is 1. The fourth-order valence-corrected chi connectivity index (χ4v) is 5.58. The number of likely N-dealkylation sites (N-methyl/N-ethyl adjacent to an activating group) is 1. The minimum Gasteiger partial charge on any atom is -0.494 e. The molecule has 2 N–H and O–H groups in total. The molecule has 2 aliphatic rings. The average Bonchev–Trinajstić information content (AvgIpc) is 3.16. The number of aryl methyl sites for hydroxylation is 2. The van der Waals surface area contributed by atoms with Crippen molar-refractivity contribution >= 4 is 28.9 Å². The zero-order chi connectivity index (χ0) is 29.5. The number of amides is 1. The van der Waals surface area contributed by atoms with Gasteiger partial charge in [-0.3, -0.25) is 4.79 Å². The molecule has 1 aromatic heterocycles. The summed E-state index contributed by atoms with van der Waals surface area (Å²) in [4.78, 5) is 25.4. The predicted octanol–water partition coefficient (Wildman–Crippen LogP) is 5.40. The first-order valence-corrected chi connectivity index (χ1v) is 13.7. The lowest BCUT2D eigenvalue weighted by Gasteiger charge is -2.39. The van der Waals surface area contributed by atoms with E-state index < -0.39 is 17.2 Å². The van der Waals surface area contributed by atoms with Crippen LogP contribution in [-0.4, -0.2) is 60.6 Å². The monoisotopic (exact) mass is 568 g/mol. The summed E-state index contributed by atoms with van der Waals surface area (Å²) in [5.74, 6) is 0.452. The Bertz CT molecular complexity index is 1460. The van der Waals surface area contributed by atoms with Crippen LogP contribution in [0.5, 0.6) is 5.75 Å². The molecule has 2 aromatic carbocycles. The number of ether oxygens (including phenoxy) is 1. The van der Waals surface area contributed by atoms with E-state index in [1.165, 1.54) is 0 Å². The number of carbonyl (C=O) groups is 1. The number of benzene rings is 2. The Labute approximate surface area is 237 Å². The van der Waals surface area contributed by atoms with Crippen molar-refractivity contribution in [1.82, 2.24) is 14.9 Å². The van der Waals surface area contributed by atoms with Gasteiger partial charge in [-0.05, 0) is 70.0 Å². The van der Waals surface area contributed by atoms with Crippen LogP contribution >= 0.6 is 0 Å². The number of alkyl halides is 3. The highest BCUT2D eigenvalue weighted by Crippen LogP contribution is 2.40. The Balaban J connectivity index is 1.40. The summed E-state index contributed by atoms with van der Waals surface area (Å²) < 4.78 is 47.4. The highest BCUT2D eigenvalue weighted by atomic mass is 19.4. The molecule has 11 heteroatoms. The lowest BCUT2D eigenvalue weighted by Crippen LogP contribution is -2.50. The maximum absolute atomic E-state index is 13.9. The number of rotatable bonds is 7. The third-order valence-corrected chi connectivity index (χ3v) is 8.15. The number of piperazine rings is 1. The number of halogens is 3. The number of aromatic nitrogens is 2. The molecule has 41 heavy (non-hydrogen) atoms. The summed E-state index contributed by atoms with van der Waals surface area (Å²) in [6, 6.07) is 11.6. The van der Waals surface area contributed by atoms with Gasteiger partial charge < -0.3 is 25.2 Å². The van der Waals surface area contributed by atoms with Crippen LogP contribution < -0.4 is 20.3 Å². The highest BCUT2D eigenvalue weighted by molar-refractivity contribution is 6.06. The summed E-state index contributed by atoms with van der Waals surface area (Å²) in [5.41, 5.74) is 2.10. The zero-order valence-corrected chi connectivity index (χ0v) is 23.9. The first-order chi connectivity index (χ1) is 19.4. The maximum atomic E-state index is 13.9. The van der Waals surface area contributed by atoms with Crippen molar-refractivity contribution in [3.8, 4) is 5.75 Å². The summed E-state index contributed by atoms with van der Waals surface area (Å²) in [7, 11) is 3.66.